The van der Waals surface area contributed by atoms with Gasteiger partial charge >= 0.3 is 0 Å². The second-order valence-electron chi connectivity index (χ2n) is 7.88. The summed E-state index contributed by atoms with van der Waals surface area (Å²) in [6.45, 7) is 3.62. The van der Waals surface area contributed by atoms with Crippen molar-refractivity contribution < 1.29 is 24.2 Å². The number of carbonyl (C=O) groups excluding carboxylic acids is 2. The Bertz CT molecular complexity index is 998. The summed E-state index contributed by atoms with van der Waals surface area (Å²) in [7, 11) is 5.45. The number of nitrogens with zero attached hydrogens (tertiary/aromatic N) is 2. The highest BCUT2D eigenvalue weighted by molar-refractivity contribution is 6.46. The zero-order chi connectivity index (χ0) is 23.3. The Kier molecular flexibility index (Phi) is 7.53. The molecule has 0 aromatic heterocycles. The van der Waals surface area contributed by atoms with Crippen LogP contribution in [0.5, 0.6) is 11.5 Å². The Morgan fingerprint density at radius 1 is 1.09 bits per heavy atom. The van der Waals surface area contributed by atoms with Gasteiger partial charge in [-0.3, -0.25) is 9.59 Å². The minimum Gasteiger partial charge on any atom is -0.507 e. The molecule has 1 atom stereocenters. The van der Waals surface area contributed by atoms with Crippen LogP contribution in [0, 0.1) is 0 Å². The summed E-state index contributed by atoms with van der Waals surface area (Å²) in [5.41, 5.74) is 1.24. The van der Waals surface area contributed by atoms with E-state index < -0.39 is 17.7 Å². The van der Waals surface area contributed by atoms with Crippen molar-refractivity contribution >= 4 is 17.4 Å². The molecule has 1 amide bonds. The zero-order valence-electron chi connectivity index (χ0n) is 19.0. The summed E-state index contributed by atoms with van der Waals surface area (Å²) in [4.78, 5) is 29.6. The third-order valence-electron chi connectivity index (χ3n) is 5.39. The van der Waals surface area contributed by atoms with E-state index in [4.69, 9.17) is 9.47 Å². The molecule has 2 aromatic rings. The monoisotopic (exact) mass is 438 g/mol. The van der Waals surface area contributed by atoms with Crippen molar-refractivity contribution in [3.8, 4) is 11.5 Å². The van der Waals surface area contributed by atoms with Crippen LogP contribution in [0.4, 0.5) is 0 Å². The number of ether oxygens (including phenoxy) is 2. The smallest absolute Gasteiger partial charge is 0.295 e. The SMILES string of the molecule is CCOc1ccc([C@H]2C(=C(O)c3cccc(OC)c3)C(=O)C(=O)N2CCCN(C)C)cc1. The lowest BCUT2D eigenvalue weighted by Crippen LogP contribution is -2.32. The molecule has 0 aliphatic carbocycles. The number of ketones is 1. The molecule has 1 aliphatic rings. The molecule has 0 spiro atoms. The number of benzene rings is 2. The van der Waals surface area contributed by atoms with Crippen LogP contribution in [-0.4, -0.2) is 67.5 Å². The van der Waals surface area contributed by atoms with Crippen LogP contribution in [0.1, 0.15) is 30.5 Å². The molecule has 0 unspecified atom stereocenters. The Balaban J connectivity index is 2.07. The van der Waals surface area contributed by atoms with Crippen molar-refractivity contribution in [2.75, 3.05) is 40.9 Å². The van der Waals surface area contributed by atoms with Gasteiger partial charge in [0.25, 0.3) is 11.7 Å². The van der Waals surface area contributed by atoms with Crippen molar-refractivity contribution in [2.24, 2.45) is 0 Å². The van der Waals surface area contributed by atoms with Crippen molar-refractivity contribution in [2.45, 2.75) is 19.4 Å². The van der Waals surface area contributed by atoms with Gasteiger partial charge in [0.1, 0.15) is 17.3 Å². The highest BCUT2D eigenvalue weighted by Crippen LogP contribution is 2.40. The molecule has 3 rings (SSSR count). The average molecular weight is 439 g/mol. The standard InChI is InChI=1S/C25H30N2O5/c1-5-32-19-12-10-17(11-13-19)22-21(23(28)18-8-6-9-20(16-18)31-4)24(29)25(30)27(22)15-7-14-26(2)3/h6,8-13,16,22,28H,5,7,14-15H2,1-4H3/t22-/m0/s1. The van der Waals surface area contributed by atoms with Gasteiger partial charge in [-0.25, -0.2) is 0 Å². The zero-order valence-corrected chi connectivity index (χ0v) is 19.0. The normalized spacial score (nSPS) is 17.8. The molecule has 2 aromatic carbocycles. The van der Waals surface area contributed by atoms with Crippen LogP contribution < -0.4 is 9.47 Å². The van der Waals surface area contributed by atoms with Crippen molar-refractivity contribution in [1.29, 1.82) is 0 Å². The molecule has 32 heavy (non-hydrogen) atoms. The first-order valence-electron chi connectivity index (χ1n) is 10.7. The fourth-order valence-corrected chi connectivity index (χ4v) is 3.85. The maximum absolute atomic E-state index is 13.1. The van der Waals surface area contributed by atoms with E-state index in [0.29, 0.717) is 36.6 Å². The number of Topliss-reactive ketones (excluding diaryl/α,β-unsaturated/α-hetero) is 1. The molecule has 0 saturated carbocycles. The molecular formula is C25H30N2O5. The van der Waals surface area contributed by atoms with Crippen molar-refractivity contribution in [3.63, 3.8) is 0 Å². The number of likely N-dealkylation sites (tertiary alicyclic amines) is 1. The average Bonchev–Trinajstić information content (AvgIpc) is 3.04. The summed E-state index contributed by atoms with van der Waals surface area (Å²) in [6.07, 6.45) is 0.701. The molecule has 7 nitrogen and oxygen atoms in total. The van der Waals surface area contributed by atoms with Gasteiger partial charge in [-0.1, -0.05) is 24.3 Å². The number of aliphatic hydroxyl groups is 1. The molecule has 1 heterocycles. The minimum atomic E-state index is -0.686. The van der Waals surface area contributed by atoms with Gasteiger partial charge in [-0.05, 0) is 63.8 Å². The number of rotatable bonds is 9. The molecular weight excluding hydrogens is 408 g/mol. The first kappa shape index (κ1) is 23.3. The molecule has 1 fully saturated rings. The third-order valence-corrected chi connectivity index (χ3v) is 5.39. The van der Waals surface area contributed by atoms with Crippen molar-refractivity contribution in [3.05, 3.63) is 65.2 Å². The number of carbonyl (C=O) groups is 2. The Morgan fingerprint density at radius 2 is 1.81 bits per heavy atom. The van der Waals surface area contributed by atoms with Gasteiger partial charge in [0, 0.05) is 12.1 Å². The summed E-state index contributed by atoms with van der Waals surface area (Å²) >= 11 is 0. The topological polar surface area (TPSA) is 79.3 Å². The Morgan fingerprint density at radius 3 is 2.44 bits per heavy atom. The maximum atomic E-state index is 13.1. The number of methoxy groups -OCH3 is 1. The van der Waals surface area contributed by atoms with E-state index in [1.807, 2.05) is 50.2 Å². The summed E-state index contributed by atoms with van der Waals surface area (Å²) < 4.78 is 10.8. The fourth-order valence-electron chi connectivity index (χ4n) is 3.85. The lowest BCUT2D eigenvalue weighted by atomic mass is 9.95. The van der Waals surface area contributed by atoms with E-state index in [1.165, 1.54) is 7.11 Å². The number of aliphatic hydroxyl groups excluding tert-OH is 1. The predicted molar refractivity (Wildman–Crippen MR) is 123 cm³/mol. The number of amides is 1. The second-order valence-corrected chi connectivity index (χ2v) is 7.88. The van der Waals surface area contributed by atoms with Crippen LogP contribution in [0.25, 0.3) is 5.76 Å². The molecule has 0 bridgehead atoms. The summed E-state index contributed by atoms with van der Waals surface area (Å²) in [5, 5.41) is 11.1. The Labute approximate surface area is 188 Å². The fraction of sp³-hybridized carbons (Fsp3) is 0.360. The van der Waals surface area contributed by atoms with E-state index in [0.717, 1.165) is 12.1 Å². The predicted octanol–water partition coefficient (Wildman–Crippen LogP) is 3.47. The van der Waals surface area contributed by atoms with Crippen LogP contribution >= 0.6 is 0 Å². The molecule has 1 saturated heterocycles. The largest absolute Gasteiger partial charge is 0.507 e. The molecule has 1 aliphatic heterocycles. The first-order valence-corrected chi connectivity index (χ1v) is 10.7. The van der Waals surface area contributed by atoms with Gasteiger partial charge in [0.15, 0.2) is 0 Å². The van der Waals surface area contributed by atoms with E-state index in [-0.39, 0.29) is 11.3 Å². The van der Waals surface area contributed by atoms with E-state index in [1.54, 1.807) is 29.2 Å². The van der Waals surface area contributed by atoms with Gasteiger partial charge in [0.05, 0.1) is 25.3 Å². The van der Waals surface area contributed by atoms with Crippen molar-refractivity contribution in [1.82, 2.24) is 9.80 Å². The van der Waals surface area contributed by atoms with E-state index in [2.05, 4.69) is 0 Å². The first-order chi connectivity index (χ1) is 15.4. The highest BCUT2D eigenvalue weighted by Gasteiger charge is 2.45. The van der Waals surface area contributed by atoms with Crippen LogP contribution in [0.2, 0.25) is 0 Å². The number of hydrogen-bond donors (Lipinski definition) is 1. The minimum absolute atomic E-state index is 0.0808. The van der Waals surface area contributed by atoms with E-state index in [9.17, 15) is 14.7 Å². The second kappa shape index (κ2) is 10.3. The third kappa shape index (κ3) is 4.94. The summed E-state index contributed by atoms with van der Waals surface area (Å²) in [6, 6.07) is 13.4. The van der Waals surface area contributed by atoms with E-state index >= 15 is 0 Å². The molecule has 7 heteroatoms. The molecule has 1 N–H and O–H groups in total. The Hall–Kier alpha value is -3.32. The quantitative estimate of drug-likeness (QED) is 0.367. The van der Waals surface area contributed by atoms with Crippen LogP contribution in [0.15, 0.2) is 54.1 Å². The molecule has 0 radical (unpaired) electrons. The van der Waals surface area contributed by atoms with Gasteiger partial charge in [0.2, 0.25) is 0 Å². The van der Waals surface area contributed by atoms with Crippen LogP contribution in [0.3, 0.4) is 0 Å². The highest BCUT2D eigenvalue weighted by atomic mass is 16.5. The lowest BCUT2D eigenvalue weighted by molar-refractivity contribution is -0.139. The van der Waals surface area contributed by atoms with Crippen LogP contribution in [-0.2, 0) is 9.59 Å². The number of hydrogen-bond acceptors (Lipinski definition) is 6. The maximum Gasteiger partial charge on any atom is 0.295 e. The lowest BCUT2D eigenvalue weighted by Gasteiger charge is -2.26. The van der Waals surface area contributed by atoms with Gasteiger partial charge in [-0.15, -0.1) is 0 Å². The molecule has 170 valence electrons. The summed E-state index contributed by atoms with van der Waals surface area (Å²) in [5.74, 6) is -0.252. The van der Waals surface area contributed by atoms with Gasteiger partial charge in [-0.2, -0.15) is 0 Å². The van der Waals surface area contributed by atoms with Gasteiger partial charge < -0.3 is 24.4 Å².